The number of fused-ring (bicyclic) bond motifs is 1. The Kier molecular flexibility index (Phi) is 2.47. The molecular weight excluding hydrogens is 186 g/mol. The van der Waals surface area contributed by atoms with Gasteiger partial charge in [0.25, 0.3) is 0 Å². The number of hydrogen-bond acceptors (Lipinski definition) is 2. The maximum absolute atomic E-state index is 9.14. The lowest BCUT2D eigenvalue weighted by Crippen LogP contribution is -2.02. The molecule has 1 heterocycles. The van der Waals surface area contributed by atoms with Crippen LogP contribution in [0.4, 0.5) is 0 Å². The predicted octanol–water partition coefficient (Wildman–Crippen LogP) is 3.70. The fraction of sp³-hybridized carbons (Fsp3) is 0.308. The Bertz CT molecular complexity index is 504. The molecule has 2 nitrogen and oxygen atoms in total. The van der Waals surface area contributed by atoms with Crippen molar-refractivity contribution in [2.45, 2.75) is 19.8 Å². The van der Waals surface area contributed by atoms with E-state index in [2.05, 4.69) is 19.9 Å². The number of benzene rings is 1. The first-order valence-corrected chi connectivity index (χ1v) is 5.09. The van der Waals surface area contributed by atoms with Crippen molar-refractivity contribution in [2.75, 3.05) is 0 Å². The predicted molar refractivity (Wildman–Crippen MR) is 59.4 cm³/mol. The SMILES string of the molecule is CC(C)C(C#N)c1coc2ccccc12. The van der Waals surface area contributed by atoms with E-state index in [-0.39, 0.29) is 5.92 Å². The Labute approximate surface area is 89.1 Å². The second-order valence-corrected chi connectivity index (χ2v) is 4.04. The smallest absolute Gasteiger partial charge is 0.134 e. The van der Waals surface area contributed by atoms with E-state index < -0.39 is 0 Å². The molecule has 76 valence electrons. The molecule has 0 aliphatic heterocycles. The molecule has 0 bridgehead atoms. The first-order chi connectivity index (χ1) is 7.24. The van der Waals surface area contributed by atoms with Crippen molar-refractivity contribution in [3.8, 4) is 6.07 Å². The van der Waals surface area contributed by atoms with Crippen molar-refractivity contribution in [2.24, 2.45) is 5.92 Å². The van der Waals surface area contributed by atoms with Crippen molar-refractivity contribution in [1.29, 1.82) is 5.26 Å². The van der Waals surface area contributed by atoms with Gasteiger partial charge >= 0.3 is 0 Å². The van der Waals surface area contributed by atoms with Crippen LogP contribution in [0.5, 0.6) is 0 Å². The zero-order valence-electron chi connectivity index (χ0n) is 8.90. The van der Waals surface area contributed by atoms with E-state index in [1.165, 1.54) is 0 Å². The molecule has 2 rings (SSSR count). The number of hydrogen-bond donors (Lipinski definition) is 0. The summed E-state index contributed by atoms with van der Waals surface area (Å²) in [4.78, 5) is 0. The largest absolute Gasteiger partial charge is 0.464 e. The lowest BCUT2D eigenvalue weighted by molar-refractivity contribution is 0.565. The summed E-state index contributed by atoms with van der Waals surface area (Å²) in [7, 11) is 0. The van der Waals surface area contributed by atoms with Crippen LogP contribution in [0.3, 0.4) is 0 Å². The van der Waals surface area contributed by atoms with Crippen molar-refractivity contribution in [3.63, 3.8) is 0 Å². The van der Waals surface area contributed by atoms with Crippen LogP contribution in [0, 0.1) is 17.2 Å². The summed E-state index contributed by atoms with van der Waals surface area (Å²) in [5.41, 5.74) is 1.86. The van der Waals surface area contributed by atoms with E-state index in [0.29, 0.717) is 5.92 Å². The number of nitrogens with zero attached hydrogens (tertiary/aromatic N) is 1. The van der Waals surface area contributed by atoms with E-state index in [1.54, 1.807) is 6.26 Å². The second kappa shape index (κ2) is 3.78. The van der Waals surface area contributed by atoms with Gasteiger partial charge in [-0.3, -0.25) is 0 Å². The van der Waals surface area contributed by atoms with Crippen LogP contribution < -0.4 is 0 Å². The Balaban J connectivity index is 2.57. The molecule has 0 aliphatic rings. The fourth-order valence-electron chi connectivity index (χ4n) is 1.82. The molecule has 2 aromatic rings. The molecule has 1 unspecified atom stereocenters. The summed E-state index contributed by atoms with van der Waals surface area (Å²) in [6, 6.07) is 10.2. The summed E-state index contributed by atoms with van der Waals surface area (Å²) >= 11 is 0. The first kappa shape index (κ1) is 9.79. The molecule has 0 fully saturated rings. The van der Waals surface area contributed by atoms with E-state index in [0.717, 1.165) is 16.5 Å². The van der Waals surface area contributed by atoms with Gasteiger partial charge in [0.1, 0.15) is 5.58 Å². The van der Waals surface area contributed by atoms with Crippen molar-refractivity contribution < 1.29 is 4.42 Å². The van der Waals surface area contributed by atoms with Crippen molar-refractivity contribution in [3.05, 3.63) is 36.1 Å². The molecule has 0 spiro atoms. The minimum absolute atomic E-state index is 0.0892. The highest BCUT2D eigenvalue weighted by Crippen LogP contribution is 2.31. The van der Waals surface area contributed by atoms with Gasteiger partial charge in [-0.2, -0.15) is 5.26 Å². The van der Waals surface area contributed by atoms with Crippen molar-refractivity contribution >= 4 is 11.0 Å². The van der Waals surface area contributed by atoms with Crippen LogP contribution in [-0.4, -0.2) is 0 Å². The van der Waals surface area contributed by atoms with Crippen LogP contribution in [-0.2, 0) is 0 Å². The molecule has 15 heavy (non-hydrogen) atoms. The van der Waals surface area contributed by atoms with E-state index >= 15 is 0 Å². The summed E-state index contributed by atoms with van der Waals surface area (Å²) in [6.07, 6.45) is 1.71. The van der Waals surface area contributed by atoms with Crippen LogP contribution in [0.1, 0.15) is 25.3 Å². The van der Waals surface area contributed by atoms with Crippen LogP contribution >= 0.6 is 0 Å². The maximum atomic E-state index is 9.14. The summed E-state index contributed by atoms with van der Waals surface area (Å²) < 4.78 is 5.43. The zero-order valence-corrected chi connectivity index (χ0v) is 8.90. The van der Waals surface area contributed by atoms with Gasteiger partial charge in [-0.25, -0.2) is 0 Å². The van der Waals surface area contributed by atoms with E-state index in [9.17, 15) is 0 Å². The quantitative estimate of drug-likeness (QED) is 0.739. The van der Waals surface area contributed by atoms with Gasteiger partial charge in [0.2, 0.25) is 0 Å². The Morgan fingerprint density at radius 1 is 1.27 bits per heavy atom. The third-order valence-corrected chi connectivity index (χ3v) is 2.65. The average molecular weight is 199 g/mol. The van der Waals surface area contributed by atoms with Gasteiger partial charge in [0.15, 0.2) is 0 Å². The molecule has 1 aromatic heterocycles. The Hall–Kier alpha value is -1.75. The van der Waals surface area contributed by atoms with Crippen LogP contribution in [0.15, 0.2) is 34.9 Å². The molecule has 0 amide bonds. The average Bonchev–Trinajstić information content (AvgIpc) is 2.63. The highest BCUT2D eigenvalue weighted by atomic mass is 16.3. The van der Waals surface area contributed by atoms with E-state index in [1.807, 2.05) is 24.3 Å². The van der Waals surface area contributed by atoms with Crippen LogP contribution in [0.25, 0.3) is 11.0 Å². The third-order valence-electron chi connectivity index (χ3n) is 2.65. The normalized spacial score (nSPS) is 12.9. The Morgan fingerprint density at radius 3 is 2.67 bits per heavy atom. The van der Waals surface area contributed by atoms with Crippen LogP contribution in [0.2, 0.25) is 0 Å². The van der Waals surface area contributed by atoms with Gasteiger partial charge in [0.05, 0.1) is 18.3 Å². The molecule has 1 atom stereocenters. The topological polar surface area (TPSA) is 36.9 Å². The molecule has 0 aliphatic carbocycles. The minimum atomic E-state index is -0.0892. The van der Waals surface area contributed by atoms with Crippen molar-refractivity contribution in [1.82, 2.24) is 0 Å². The number of furan rings is 1. The fourth-order valence-corrected chi connectivity index (χ4v) is 1.82. The monoisotopic (exact) mass is 199 g/mol. The molecule has 0 radical (unpaired) electrons. The van der Waals surface area contributed by atoms with Gasteiger partial charge in [-0.05, 0) is 12.0 Å². The number of rotatable bonds is 2. The summed E-state index contributed by atoms with van der Waals surface area (Å²) in [5, 5.41) is 10.2. The molecule has 0 saturated carbocycles. The van der Waals surface area contributed by atoms with Gasteiger partial charge < -0.3 is 4.42 Å². The highest BCUT2D eigenvalue weighted by molar-refractivity contribution is 5.81. The number of nitriles is 1. The Morgan fingerprint density at radius 2 is 2.00 bits per heavy atom. The van der Waals surface area contributed by atoms with E-state index in [4.69, 9.17) is 9.68 Å². The molecule has 0 N–H and O–H groups in total. The second-order valence-electron chi connectivity index (χ2n) is 4.04. The molecular formula is C13H13NO. The minimum Gasteiger partial charge on any atom is -0.464 e. The van der Waals surface area contributed by atoms with Gasteiger partial charge in [0, 0.05) is 10.9 Å². The maximum Gasteiger partial charge on any atom is 0.134 e. The highest BCUT2D eigenvalue weighted by Gasteiger charge is 2.19. The molecule has 0 saturated heterocycles. The number of para-hydroxylation sites is 1. The zero-order chi connectivity index (χ0) is 10.8. The first-order valence-electron chi connectivity index (χ1n) is 5.09. The molecule has 2 heteroatoms. The lowest BCUT2D eigenvalue weighted by atomic mass is 9.90. The summed E-state index contributed by atoms with van der Waals surface area (Å²) in [6.45, 7) is 4.10. The standard InChI is InChI=1S/C13H13NO/c1-9(2)11(7-14)12-8-15-13-6-4-3-5-10(12)13/h3-6,8-9,11H,1-2H3. The third kappa shape index (κ3) is 1.61. The summed E-state index contributed by atoms with van der Waals surface area (Å²) in [5.74, 6) is 0.213. The lowest BCUT2D eigenvalue weighted by Gasteiger charge is -2.10. The van der Waals surface area contributed by atoms with Gasteiger partial charge in [-0.1, -0.05) is 32.0 Å². The van der Waals surface area contributed by atoms with Gasteiger partial charge in [-0.15, -0.1) is 0 Å². The molecule has 1 aromatic carbocycles.